The van der Waals surface area contributed by atoms with Crippen molar-refractivity contribution in [1.82, 2.24) is 10.5 Å². The summed E-state index contributed by atoms with van der Waals surface area (Å²) < 4.78 is 5.18. The van der Waals surface area contributed by atoms with Crippen LogP contribution < -0.4 is 5.32 Å². The second kappa shape index (κ2) is 6.83. The molecule has 0 fully saturated rings. The second-order valence-electron chi connectivity index (χ2n) is 5.79. The minimum Gasteiger partial charge on any atom is -0.481 e. The van der Waals surface area contributed by atoms with Crippen LogP contribution in [0, 0.1) is 0 Å². The predicted octanol–water partition coefficient (Wildman–Crippen LogP) is 3.37. The first-order chi connectivity index (χ1) is 10.8. The average molecular weight is 337 g/mol. The highest BCUT2D eigenvalue weighted by Gasteiger charge is 2.24. The van der Waals surface area contributed by atoms with Crippen LogP contribution in [0.2, 0.25) is 5.02 Å². The van der Waals surface area contributed by atoms with Gasteiger partial charge >= 0.3 is 5.97 Å². The molecule has 6 nitrogen and oxygen atoms in total. The van der Waals surface area contributed by atoms with E-state index in [2.05, 4.69) is 10.5 Å². The smallest absolute Gasteiger partial charge is 0.303 e. The zero-order chi connectivity index (χ0) is 17.0. The monoisotopic (exact) mass is 336 g/mol. The Balaban J connectivity index is 2.10. The maximum Gasteiger partial charge on any atom is 0.303 e. The molecule has 1 aromatic heterocycles. The van der Waals surface area contributed by atoms with Crippen molar-refractivity contribution in [3.8, 4) is 11.3 Å². The second-order valence-corrected chi connectivity index (χ2v) is 6.20. The van der Waals surface area contributed by atoms with E-state index in [4.69, 9.17) is 21.2 Å². The fourth-order valence-corrected chi connectivity index (χ4v) is 2.25. The zero-order valence-electron chi connectivity index (χ0n) is 12.8. The van der Waals surface area contributed by atoms with Crippen LogP contribution in [0.25, 0.3) is 11.3 Å². The van der Waals surface area contributed by atoms with Gasteiger partial charge in [0.25, 0.3) is 5.91 Å². The van der Waals surface area contributed by atoms with E-state index in [1.54, 1.807) is 38.1 Å². The Labute approximate surface area is 138 Å². The molecule has 0 saturated carbocycles. The van der Waals surface area contributed by atoms with E-state index in [1.807, 2.05) is 0 Å². The van der Waals surface area contributed by atoms with Crippen molar-refractivity contribution in [3.63, 3.8) is 0 Å². The fourth-order valence-electron chi connectivity index (χ4n) is 2.02. The highest BCUT2D eigenvalue weighted by atomic mass is 35.5. The molecule has 0 aliphatic carbocycles. The van der Waals surface area contributed by atoms with Crippen molar-refractivity contribution < 1.29 is 19.2 Å². The molecule has 1 amide bonds. The van der Waals surface area contributed by atoms with Gasteiger partial charge in [0.1, 0.15) is 0 Å². The normalized spacial score (nSPS) is 11.3. The number of aromatic nitrogens is 1. The summed E-state index contributed by atoms with van der Waals surface area (Å²) in [4.78, 5) is 22.9. The van der Waals surface area contributed by atoms with Crippen LogP contribution in [0.5, 0.6) is 0 Å². The molecule has 0 aliphatic heterocycles. The van der Waals surface area contributed by atoms with Crippen molar-refractivity contribution in [2.24, 2.45) is 0 Å². The molecule has 1 heterocycles. The van der Waals surface area contributed by atoms with Crippen molar-refractivity contribution in [2.75, 3.05) is 0 Å². The van der Waals surface area contributed by atoms with Crippen LogP contribution in [-0.4, -0.2) is 27.7 Å². The van der Waals surface area contributed by atoms with Crippen LogP contribution in [0.4, 0.5) is 0 Å². The molecule has 7 heteroatoms. The highest BCUT2D eigenvalue weighted by Crippen LogP contribution is 2.28. The summed E-state index contributed by atoms with van der Waals surface area (Å²) in [6, 6.07) is 8.58. The van der Waals surface area contributed by atoms with Gasteiger partial charge < -0.3 is 14.9 Å². The standard InChI is InChI=1S/C16H17ClN2O4/c1-16(2,8-7-14(20)21)18-15(22)12-9-13(23-19-12)10-5-3-4-6-11(10)17/h3-6,9H,7-8H2,1-2H3,(H,18,22)(H,20,21). The van der Waals surface area contributed by atoms with E-state index in [-0.39, 0.29) is 12.1 Å². The third-order valence-corrected chi connectivity index (χ3v) is 3.63. The van der Waals surface area contributed by atoms with Gasteiger partial charge in [-0.05, 0) is 32.4 Å². The minimum atomic E-state index is -0.908. The largest absolute Gasteiger partial charge is 0.481 e. The first-order valence-electron chi connectivity index (χ1n) is 7.04. The first-order valence-corrected chi connectivity index (χ1v) is 7.42. The zero-order valence-corrected chi connectivity index (χ0v) is 13.6. The highest BCUT2D eigenvalue weighted by molar-refractivity contribution is 6.33. The van der Waals surface area contributed by atoms with Crippen molar-refractivity contribution in [1.29, 1.82) is 0 Å². The molecule has 2 rings (SSSR count). The van der Waals surface area contributed by atoms with Crippen LogP contribution in [0.3, 0.4) is 0 Å². The summed E-state index contributed by atoms with van der Waals surface area (Å²) in [6.45, 7) is 3.51. The number of carboxylic acids is 1. The van der Waals surface area contributed by atoms with E-state index in [0.29, 0.717) is 22.8 Å². The number of nitrogens with one attached hydrogen (secondary N) is 1. The molecule has 0 unspecified atom stereocenters. The summed E-state index contributed by atoms with van der Waals surface area (Å²) in [7, 11) is 0. The number of amides is 1. The lowest BCUT2D eigenvalue weighted by Crippen LogP contribution is -2.43. The third kappa shape index (κ3) is 4.56. The lowest BCUT2D eigenvalue weighted by molar-refractivity contribution is -0.137. The van der Waals surface area contributed by atoms with Gasteiger partial charge in [-0.2, -0.15) is 0 Å². The number of hydrogen-bond donors (Lipinski definition) is 2. The molecular weight excluding hydrogens is 320 g/mol. The number of carbonyl (C=O) groups excluding carboxylic acids is 1. The Bertz CT molecular complexity index is 724. The molecule has 0 bridgehead atoms. The molecule has 0 spiro atoms. The maximum absolute atomic E-state index is 12.2. The molecular formula is C16H17ClN2O4. The molecule has 122 valence electrons. The maximum atomic E-state index is 12.2. The van der Waals surface area contributed by atoms with Gasteiger partial charge in [-0.25, -0.2) is 0 Å². The number of rotatable bonds is 6. The molecule has 0 saturated heterocycles. The Morgan fingerprint density at radius 1 is 1.35 bits per heavy atom. The van der Waals surface area contributed by atoms with Gasteiger partial charge in [0.05, 0.1) is 5.02 Å². The van der Waals surface area contributed by atoms with Crippen molar-refractivity contribution in [3.05, 3.63) is 41.0 Å². The van der Waals surface area contributed by atoms with Crippen molar-refractivity contribution in [2.45, 2.75) is 32.2 Å². The molecule has 0 radical (unpaired) electrons. The number of carboxylic acid groups (broad SMARTS) is 1. The Morgan fingerprint density at radius 3 is 2.70 bits per heavy atom. The third-order valence-electron chi connectivity index (χ3n) is 3.30. The number of hydrogen-bond acceptors (Lipinski definition) is 4. The fraction of sp³-hybridized carbons (Fsp3) is 0.312. The summed E-state index contributed by atoms with van der Waals surface area (Å²) in [5, 5.41) is 15.7. The molecule has 0 aliphatic rings. The minimum absolute atomic E-state index is 0.0308. The van der Waals surface area contributed by atoms with E-state index in [1.165, 1.54) is 6.07 Å². The number of carbonyl (C=O) groups is 2. The number of benzene rings is 1. The quantitative estimate of drug-likeness (QED) is 0.843. The summed E-state index contributed by atoms with van der Waals surface area (Å²) >= 11 is 6.08. The van der Waals surface area contributed by atoms with Crippen molar-refractivity contribution >= 4 is 23.5 Å². The average Bonchev–Trinajstić information content (AvgIpc) is 2.95. The molecule has 2 N–H and O–H groups in total. The van der Waals surface area contributed by atoms with E-state index in [0.717, 1.165) is 0 Å². The van der Waals surface area contributed by atoms with Crippen LogP contribution in [-0.2, 0) is 4.79 Å². The lowest BCUT2D eigenvalue weighted by atomic mass is 9.98. The van der Waals surface area contributed by atoms with Gasteiger partial charge in [0, 0.05) is 23.6 Å². The van der Waals surface area contributed by atoms with Gasteiger partial charge in [0.15, 0.2) is 11.5 Å². The van der Waals surface area contributed by atoms with Gasteiger partial charge in [-0.3, -0.25) is 9.59 Å². The lowest BCUT2D eigenvalue weighted by Gasteiger charge is -2.24. The SMILES string of the molecule is CC(C)(CCC(=O)O)NC(=O)c1cc(-c2ccccc2Cl)on1. The number of halogens is 1. The van der Waals surface area contributed by atoms with Gasteiger partial charge in [0.2, 0.25) is 0 Å². The molecule has 0 atom stereocenters. The molecule has 2 aromatic rings. The summed E-state index contributed by atoms with van der Waals surface area (Å²) in [5.41, 5.74) is 0.0908. The Kier molecular flexibility index (Phi) is 5.05. The Hall–Kier alpha value is -2.34. The number of nitrogens with zero attached hydrogens (tertiary/aromatic N) is 1. The van der Waals surface area contributed by atoms with Gasteiger partial charge in [-0.1, -0.05) is 28.9 Å². The van der Waals surface area contributed by atoms with E-state index >= 15 is 0 Å². The number of aliphatic carboxylic acids is 1. The van der Waals surface area contributed by atoms with E-state index in [9.17, 15) is 9.59 Å². The topological polar surface area (TPSA) is 92.4 Å². The van der Waals surface area contributed by atoms with E-state index < -0.39 is 17.4 Å². The summed E-state index contributed by atoms with van der Waals surface area (Å²) in [5.74, 6) is -0.943. The van der Waals surface area contributed by atoms with Crippen LogP contribution in [0.15, 0.2) is 34.9 Å². The van der Waals surface area contributed by atoms with Crippen LogP contribution >= 0.6 is 11.6 Å². The van der Waals surface area contributed by atoms with Crippen LogP contribution in [0.1, 0.15) is 37.2 Å². The first kappa shape index (κ1) is 17.0. The summed E-state index contributed by atoms with van der Waals surface area (Å²) in [6.07, 6.45) is 0.278. The molecule has 1 aromatic carbocycles. The predicted molar refractivity (Wildman–Crippen MR) is 85.4 cm³/mol. The molecule has 23 heavy (non-hydrogen) atoms. The Morgan fingerprint density at radius 2 is 2.04 bits per heavy atom. The van der Waals surface area contributed by atoms with Gasteiger partial charge in [-0.15, -0.1) is 0 Å².